The van der Waals surface area contributed by atoms with Crippen molar-refractivity contribution < 1.29 is 27.1 Å². The Morgan fingerprint density at radius 3 is 2.53 bits per heavy atom. The van der Waals surface area contributed by atoms with Crippen LogP contribution in [0.3, 0.4) is 0 Å². The number of alkyl halides is 3. The Hall–Kier alpha value is -1.02. The fourth-order valence-electron chi connectivity index (χ4n) is 1.40. The highest BCUT2D eigenvalue weighted by molar-refractivity contribution is 9.10. The van der Waals surface area contributed by atoms with E-state index in [1.165, 1.54) is 19.1 Å². The third-order valence-corrected chi connectivity index (χ3v) is 2.82. The van der Waals surface area contributed by atoms with E-state index in [9.17, 15) is 18.0 Å². The molecule has 1 unspecified atom stereocenters. The minimum absolute atomic E-state index is 0.0436. The number of halogens is 4. The second kappa shape index (κ2) is 5.96. The van der Waals surface area contributed by atoms with Crippen LogP contribution in [-0.2, 0) is 15.1 Å². The van der Waals surface area contributed by atoms with Crippen LogP contribution in [0.4, 0.5) is 13.2 Å². The minimum Gasteiger partial charge on any atom is -0.464 e. The molecule has 0 bridgehead atoms. The number of carbonyl (C=O) groups is 1. The van der Waals surface area contributed by atoms with Crippen molar-refractivity contribution in [3.05, 3.63) is 22.6 Å². The van der Waals surface area contributed by atoms with E-state index >= 15 is 0 Å². The van der Waals surface area contributed by atoms with E-state index in [-0.39, 0.29) is 12.4 Å². The predicted octanol–water partition coefficient (Wildman–Crippen LogP) is 2.97. The number of hydrogen-bond acceptors (Lipinski definition) is 4. The van der Waals surface area contributed by atoms with Gasteiger partial charge in [-0.25, -0.2) is 4.79 Å². The van der Waals surface area contributed by atoms with Crippen LogP contribution in [0.25, 0.3) is 0 Å². The van der Waals surface area contributed by atoms with Gasteiger partial charge in [0.1, 0.15) is 5.76 Å². The first-order valence-corrected chi connectivity index (χ1v) is 6.23. The summed E-state index contributed by atoms with van der Waals surface area (Å²) in [5, 5.41) is 2.14. The third-order valence-electron chi connectivity index (χ3n) is 2.39. The van der Waals surface area contributed by atoms with Gasteiger partial charge in [-0.2, -0.15) is 13.2 Å². The molecule has 0 spiro atoms. The summed E-state index contributed by atoms with van der Waals surface area (Å²) in [7, 11) is 0. The first-order chi connectivity index (χ1) is 8.69. The smallest absolute Gasteiger partial charge is 0.401 e. The monoisotopic (exact) mass is 343 g/mol. The lowest BCUT2D eigenvalue weighted by molar-refractivity contribution is -0.156. The van der Waals surface area contributed by atoms with Gasteiger partial charge in [0.05, 0.1) is 13.2 Å². The van der Waals surface area contributed by atoms with Crippen LogP contribution >= 0.6 is 15.9 Å². The molecule has 0 fully saturated rings. The van der Waals surface area contributed by atoms with Gasteiger partial charge in [0, 0.05) is 0 Å². The van der Waals surface area contributed by atoms with Crippen molar-refractivity contribution >= 4 is 21.9 Å². The molecule has 19 heavy (non-hydrogen) atoms. The minimum atomic E-state index is -4.45. The molecule has 0 aromatic carbocycles. The first-order valence-electron chi connectivity index (χ1n) is 5.44. The molecule has 8 heteroatoms. The average molecular weight is 344 g/mol. The number of carbonyl (C=O) groups excluding carboxylic acids is 1. The number of hydrogen-bond donors (Lipinski definition) is 1. The number of nitrogens with one attached hydrogen (secondary N) is 1. The number of esters is 1. The molecule has 0 aliphatic heterocycles. The van der Waals surface area contributed by atoms with E-state index in [4.69, 9.17) is 9.15 Å². The normalized spacial score (nSPS) is 15.1. The summed E-state index contributed by atoms with van der Waals surface area (Å²) in [6.07, 6.45) is -4.45. The van der Waals surface area contributed by atoms with Crippen LogP contribution in [0.15, 0.2) is 21.2 Å². The maximum atomic E-state index is 12.3. The highest BCUT2D eigenvalue weighted by Gasteiger charge is 2.42. The van der Waals surface area contributed by atoms with Crippen LogP contribution in [0.1, 0.15) is 19.6 Å². The van der Waals surface area contributed by atoms with Crippen molar-refractivity contribution in [3.8, 4) is 0 Å². The van der Waals surface area contributed by atoms with Gasteiger partial charge in [0.2, 0.25) is 0 Å². The molecule has 1 atom stereocenters. The van der Waals surface area contributed by atoms with E-state index in [1.807, 2.05) is 0 Å². The van der Waals surface area contributed by atoms with Gasteiger partial charge in [-0.05, 0) is 41.9 Å². The molecule has 1 rings (SSSR count). The van der Waals surface area contributed by atoms with Gasteiger partial charge >= 0.3 is 12.1 Å². The Kier molecular flexibility index (Phi) is 5.03. The molecule has 0 saturated carbocycles. The molecule has 1 N–H and O–H groups in total. The van der Waals surface area contributed by atoms with Gasteiger partial charge in [0.25, 0.3) is 0 Å². The van der Waals surface area contributed by atoms with Crippen LogP contribution in [-0.4, -0.2) is 25.3 Å². The standard InChI is InChI=1S/C11H13BrF3NO3/c1-3-18-9(17)10(2,16-6-11(13,14)15)7-4-5-8(12)19-7/h4-5,16H,3,6H2,1-2H3. The average Bonchev–Trinajstić information content (AvgIpc) is 2.72. The molecular formula is C11H13BrF3NO3. The Morgan fingerprint density at radius 2 is 2.11 bits per heavy atom. The van der Waals surface area contributed by atoms with Gasteiger partial charge in [-0.1, -0.05) is 0 Å². The van der Waals surface area contributed by atoms with Crippen molar-refractivity contribution in [1.82, 2.24) is 5.32 Å². The summed E-state index contributed by atoms with van der Waals surface area (Å²) in [6.45, 7) is 1.58. The summed E-state index contributed by atoms with van der Waals surface area (Å²) in [5.74, 6) is -0.789. The Labute approximate surface area is 116 Å². The molecule has 0 saturated heterocycles. The first kappa shape index (κ1) is 16.0. The highest BCUT2D eigenvalue weighted by atomic mass is 79.9. The molecular weight excluding hydrogens is 331 g/mol. The van der Waals surface area contributed by atoms with Crippen LogP contribution < -0.4 is 5.32 Å². The fourth-order valence-corrected chi connectivity index (χ4v) is 1.70. The van der Waals surface area contributed by atoms with E-state index in [0.717, 1.165) is 0 Å². The summed E-state index contributed by atoms with van der Waals surface area (Å²) in [4.78, 5) is 11.9. The van der Waals surface area contributed by atoms with Crippen molar-refractivity contribution in [1.29, 1.82) is 0 Å². The molecule has 108 valence electrons. The predicted molar refractivity (Wildman–Crippen MR) is 64.5 cm³/mol. The SMILES string of the molecule is CCOC(=O)C(C)(NCC(F)(F)F)c1ccc(Br)o1. The van der Waals surface area contributed by atoms with Crippen molar-refractivity contribution in [2.45, 2.75) is 25.6 Å². The molecule has 1 heterocycles. The largest absolute Gasteiger partial charge is 0.464 e. The maximum absolute atomic E-state index is 12.3. The van der Waals surface area contributed by atoms with Crippen LogP contribution in [0.5, 0.6) is 0 Å². The van der Waals surface area contributed by atoms with Crippen LogP contribution in [0.2, 0.25) is 0 Å². The second-order valence-electron chi connectivity index (χ2n) is 3.92. The molecule has 0 aliphatic rings. The zero-order valence-electron chi connectivity index (χ0n) is 10.3. The van der Waals surface area contributed by atoms with Crippen LogP contribution in [0, 0.1) is 0 Å². The zero-order valence-corrected chi connectivity index (χ0v) is 11.9. The maximum Gasteiger partial charge on any atom is 0.401 e. The third kappa shape index (κ3) is 4.24. The summed E-state index contributed by atoms with van der Waals surface area (Å²) in [6, 6.07) is 2.90. The molecule has 0 amide bonds. The Bertz CT molecular complexity index is 447. The lowest BCUT2D eigenvalue weighted by Crippen LogP contribution is -2.50. The molecule has 4 nitrogen and oxygen atoms in total. The van der Waals surface area contributed by atoms with E-state index in [1.54, 1.807) is 6.92 Å². The lowest BCUT2D eigenvalue weighted by Gasteiger charge is -2.27. The van der Waals surface area contributed by atoms with Gasteiger partial charge in [-0.3, -0.25) is 5.32 Å². The van der Waals surface area contributed by atoms with Crippen molar-refractivity contribution in [2.75, 3.05) is 13.2 Å². The zero-order chi connectivity index (χ0) is 14.7. The van der Waals surface area contributed by atoms with E-state index < -0.39 is 24.2 Å². The highest BCUT2D eigenvalue weighted by Crippen LogP contribution is 2.28. The number of rotatable bonds is 5. The summed E-state index contributed by atoms with van der Waals surface area (Å²) in [5.41, 5.74) is -1.70. The lowest BCUT2D eigenvalue weighted by atomic mass is 9.99. The number of ether oxygens (including phenoxy) is 1. The fraction of sp³-hybridized carbons (Fsp3) is 0.545. The quantitative estimate of drug-likeness (QED) is 0.835. The second-order valence-corrected chi connectivity index (χ2v) is 4.70. The van der Waals surface area contributed by atoms with Gasteiger partial charge < -0.3 is 9.15 Å². The van der Waals surface area contributed by atoms with Crippen molar-refractivity contribution in [3.63, 3.8) is 0 Å². The van der Waals surface area contributed by atoms with Gasteiger partial charge in [0.15, 0.2) is 10.2 Å². The van der Waals surface area contributed by atoms with E-state index in [0.29, 0.717) is 4.67 Å². The molecule has 0 aliphatic carbocycles. The number of furan rings is 1. The molecule has 0 radical (unpaired) electrons. The summed E-state index contributed by atoms with van der Waals surface area (Å²) < 4.78 is 47.2. The molecule has 1 aromatic heterocycles. The topological polar surface area (TPSA) is 51.5 Å². The van der Waals surface area contributed by atoms with Gasteiger partial charge in [-0.15, -0.1) is 0 Å². The van der Waals surface area contributed by atoms with E-state index in [2.05, 4.69) is 21.2 Å². The molecule has 1 aromatic rings. The summed E-state index contributed by atoms with van der Waals surface area (Å²) >= 11 is 3.03. The van der Waals surface area contributed by atoms with Crippen molar-refractivity contribution in [2.24, 2.45) is 0 Å². The Morgan fingerprint density at radius 1 is 1.47 bits per heavy atom. The Balaban J connectivity index is 3.00.